The summed E-state index contributed by atoms with van der Waals surface area (Å²) < 4.78 is 7.99. The van der Waals surface area contributed by atoms with Gasteiger partial charge in [-0.1, -0.05) is 46.3 Å². The van der Waals surface area contributed by atoms with Crippen molar-refractivity contribution in [3.8, 4) is 16.9 Å². The van der Waals surface area contributed by atoms with Crippen molar-refractivity contribution in [2.75, 3.05) is 0 Å². The van der Waals surface area contributed by atoms with E-state index in [0.29, 0.717) is 5.76 Å². The van der Waals surface area contributed by atoms with Crippen LogP contribution in [-0.4, -0.2) is 14.7 Å². The van der Waals surface area contributed by atoms with E-state index in [4.69, 9.17) is 9.52 Å². The van der Waals surface area contributed by atoms with E-state index in [1.165, 1.54) is 6.07 Å². The molecule has 0 atom stereocenters. The van der Waals surface area contributed by atoms with Crippen LogP contribution in [0.1, 0.15) is 11.3 Å². The van der Waals surface area contributed by atoms with Crippen molar-refractivity contribution in [2.24, 2.45) is 0 Å². The fourth-order valence-electron chi connectivity index (χ4n) is 2.76. The highest BCUT2D eigenvalue weighted by molar-refractivity contribution is 9.10. The SMILES string of the molecule is O=[N+]([O-])c1ccc(C=Cc2cn(-c3ccccc3)nc2-c2ccc(Br)cc2)o1. The van der Waals surface area contributed by atoms with Crippen LogP contribution in [0.15, 0.2) is 81.8 Å². The monoisotopic (exact) mass is 435 g/mol. The molecular formula is C21H14BrN3O3. The van der Waals surface area contributed by atoms with Gasteiger partial charge in [-0.15, -0.1) is 0 Å². The van der Waals surface area contributed by atoms with E-state index >= 15 is 0 Å². The van der Waals surface area contributed by atoms with Gasteiger partial charge in [0.25, 0.3) is 0 Å². The number of para-hydroxylation sites is 1. The van der Waals surface area contributed by atoms with Crippen LogP contribution < -0.4 is 0 Å². The van der Waals surface area contributed by atoms with Crippen molar-refractivity contribution < 1.29 is 9.34 Å². The summed E-state index contributed by atoms with van der Waals surface area (Å²) in [4.78, 5) is 10.2. The van der Waals surface area contributed by atoms with Gasteiger partial charge >= 0.3 is 5.88 Å². The lowest BCUT2D eigenvalue weighted by Gasteiger charge is -2.00. The average Bonchev–Trinajstić information content (AvgIpc) is 3.35. The van der Waals surface area contributed by atoms with Crippen LogP contribution in [0.3, 0.4) is 0 Å². The molecule has 0 aliphatic heterocycles. The summed E-state index contributed by atoms with van der Waals surface area (Å²) in [5.41, 5.74) is 3.57. The quantitative estimate of drug-likeness (QED) is 0.285. The predicted molar refractivity (Wildman–Crippen MR) is 111 cm³/mol. The number of hydrogen-bond donors (Lipinski definition) is 0. The molecular weight excluding hydrogens is 422 g/mol. The van der Waals surface area contributed by atoms with Crippen LogP contribution in [0.4, 0.5) is 5.88 Å². The van der Waals surface area contributed by atoms with Gasteiger partial charge in [0.15, 0.2) is 0 Å². The molecule has 0 spiro atoms. The predicted octanol–water partition coefficient (Wildman–Crippen LogP) is 5.97. The van der Waals surface area contributed by atoms with Gasteiger partial charge in [0, 0.05) is 21.8 Å². The second kappa shape index (κ2) is 7.66. The Morgan fingerprint density at radius 1 is 1.00 bits per heavy atom. The summed E-state index contributed by atoms with van der Waals surface area (Å²) >= 11 is 3.45. The topological polar surface area (TPSA) is 74.1 Å². The van der Waals surface area contributed by atoms with Crippen molar-refractivity contribution in [2.45, 2.75) is 0 Å². The Morgan fingerprint density at radius 2 is 1.75 bits per heavy atom. The van der Waals surface area contributed by atoms with Gasteiger partial charge in [0.2, 0.25) is 0 Å². The van der Waals surface area contributed by atoms with Gasteiger partial charge < -0.3 is 4.42 Å². The zero-order valence-electron chi connectivity index (χ0n) is 14.5. The number of nitro groups is 1. The first-order valence-electron chi connectivity index (χ1n) is 8.43. The first kappa shape index (κ1) is 17.9. The first-order chi connectivity index (χ1) is 13.6. The van der Waals surface area contributed by atoms with Crippen molar-refractivity contribution in [3.63, 3.8) is 0 Å². The van der Waals surface area contributed by atoms with Crippen molar-refractivity contribution >= 4 is 34.0 Å². The molecule has 6 nitrogen and oxygen atoms in total. The van der Waals surface area contributed by atoms with E-state index in [1.54, 1.807) is 12.1 Å². The second-order valence-corrected chi connectivity index (χ2v) is 6.90. The molecule has 0 unspecified atom stereocenters. The molecule has 4 rings (SSSR count). The van der Waals surface area contributed by atoms with Gasteiger partial charge in [-0.2, -0.15) is 5.10 Å². The van der Waals surface area contributed by atoms with Gasteiger partial charge in [-0.3, -0.25) is 10.1 Å². The molecule has 2 aromatic heterocycles. The summed E-state index contributed by atoms with van der Waals surface area (Å²) in [6, 6.07) is 20.6. The zero-order valence-corrected chi connectivity index (χ0v) is 16.1. The van der Waals surface area contributed by atoms with E-state index < -0.39 is 4.92 Å². The molecule has 0 saturated heterocycles. The normalized spacial score (nSPS) is 11.2. The molecule has 4 aromatic rings. The molecule has 0 amide bonds. The third kappa shape index (κ3) is 3.79. The van der Waals surface area contributed by atoms with Crippen LogP contribution >= 0.6 is 15.9 Å². The molecule has 2 aromatic carbocycles. The van der Waals surface area contributed by atoms with Crippen molar-refractivity contribution in [1.29, 1.82) is 0 Å². The fraction of sp³-hybridized carbons (Fsp3) is 0. The van der Waals surface area contributed by atoms with Crippen LogP contribution in [0.2, 0.25) is 0 Å². The van der Waals surface area contributed by atoms with Crippen molar-refractivity contribution in [3.05, 3.63) is 98.8 Å². The third-order valence-electron chi connectivity index (χ3n) is 4.10. The minimum Gasteiger partial charge on any atom is -0.401 e. The van der Waals surface area contributed by atoms with Gasteiger partial charge in [-0.25, -0.2) is 4.68 Å². The highest BCUT2D eigenvalue weighted by atomic mass is 79.9. The molecule has 2 heterocycles. The lowest BCUT2D eigenvalue weighted by atomic mass is 10.1. The third-order valence-corrected chi connectivity index (χ3v) is 4.63. The highest BCUT2D eigenvalue weighted by Crippen LogP contribution is 2.27. The minimum atomic E-state index is -0.558. The molecule has 0 aliphatic carbocycles. The lowest BCUT2D eigenvalue weighted by Crippen LogP contribution is -1.93. The Labute approximate surface area is 169 Å². The van der Waals surface area contributed by atoms with E-state index in [1.807, 2.05) is 71.6 Å². The number of nitrogens with zero attached hydrogens (tertiary/aromatic N) is 3. The molecule has 0 aliphatic rings. The van der Waals surface area contributed by atoms with Crippen molar-refractivity contribution in [1.82, 2.24) is 9.78 Å². The summed E-state index contributed by atoms with van der Waals surface area (Å²) in [6.07, 6.45) is 5.45. The number of rotatable bonds is 5. The number of aromatic nitrogens is 2. The van der Waals surface area contributed by atoms with Gasteiger partial charge in [-0.05, 0) is 42.5 Å². The summed E-state index contributed by atoms with van der Waals surface area (Å²) in [5.74, 6) is 0.119. The second-order valence-electron chi connectivity index (χ2n) is 5.99. The van der Waals surface area contributed by atoms with E-state index in [2.05, 4.69) is 15.9 Å². The maximum absolute atomic E-state index is 10.8. The molecule has 0 bridgehead atoms. The molecule has 0 saturated carbocycles. The Hall–Kier alpha value is -3.45. The van der Waals surface area contributed by atoms with E-state index in [0.717, 1.165) is 27.0 Å². The largest absolute Gasteiger partial charge is 0.433 e. The maximum Gasteiger partial charge on any atom is 0.433 e. The van der Waals surface area contributed by atoms with E-state index in [9.17, 15) is 10.1 Å². The standard InChI is InChI=1S/C21H14BrN3O3/c22-17-9-6-15(7-10-17)21-16(8-11-19-12-13-20(28-19)25(26)27)14-24(23-21)18-4-2-1-3-5-18/h1-14H. The maximum atomic E-state index is 10.8. The fourth-order valence-corrected chi connectivity index (χ4v) is 3.02. The summed E-state index contributed by atoms with van der Waals surface area (Å²) in [5, 5.41) is 15.5. The smallest absolute Gasteiger partial charge is 0.401 e. The first-order valence-corrected chi connectivity index (χ1v) is 9.23. The molecule has 0 fully saturated rings. The Balaban J connectivity index is 1.75. The van der Waals surface area contributed by atoms with Crippen LogP contribution in [0.25, 0.3) is 29.1 Å². The lowest BCUT2D eigenvalue weighted by molar-refractivity contribution is -0.402. The Kier molecular flexibility index (Phi) is 4.90. The molecule has 138 valence electrons. The Bertz CT molecular complexity index is 1150. The van der Waals surface area contributed by atoms with E-state index in [-0.39, 0.29) is 5.88 Å². The average molecular weight is 436 g/mol. The van der Waals surface area contributed by atoms with Gasteiger partial charge in [0.05, 0.1) is 17.4 Å². The molecule has 0 radical (unpaired) electrons. The van der Waals surface area contributed by atoms with Crippen LogP contribution in [0, 0.1) is 10.1 Å². The number of benzene rings is 2. The summed E-state index contributed by atoms with van der Waals surface area (Å²) in [6.45, 7) is 0. The molecule has 28 heavy (non-hydrogen) atoms. The molecule has 0 N–H and O–H groups in total. The summed E-state index contributed by atoms with van der Waals surface area (Å²) in [7, 11) is 0. The van der Waals surface area contributed by atoms with Crippen LogP contribution in [0.5, 0.6) is 0 Å². The molecule has 7 heteroatoms. The Morgan fingerprint density at radius 3 is 2.43 bits per heavy atom. The van der Waals surface area contributed by atoms with Crippen LogP contribution in [-0.2, 0) is 0 Å². The number of halogens is 1. The number of hydrogen-bond acceptors (Lipinski definition) is 4. The van der Waals surface area contributed by atoms with Gasteiger partial charge in [0.1, 0.15) is 10.7 Å². The minimum absolute atomic E-state index is 0.284. The highest BCUT2D eigenvalue weighted by Gasteiger charge is 2.12. The number of furan rings is 1. The zero-order chi connectivity index (χ0) is 19.5.